The van der Waals surface area contributed by atoms with Gasteiger partial charge in [0.2, 0.25) is 17.2 Å². The Morgan fingerprint density at radius 3 is 2.53 bits per heavy atom. The molecule has 0 spiro atoms. The van der Waals surface area contributed by atoms with Crippen molar-refractivity contribution in [3.05, 3.63) is 51.0 Å². The third-order valence-electron chi connectivity index (χ3n) is 3.69. The van der Waals surface area contributed by atoms with E-state index in [0.29, 0.717) is 5.56 Å². The second-order valence-electron chi connectivity index (χ2n) is 6.57. The monoisotopic (exact) mass is 484 g/mol. The van der Waals surface area contributed by atoms with Gasteiger partial charge in [0, 0.05) is 17.5 Å². The molecule has 0 aliphatic carbocycles. The van der Waals surface area contributed by atoms with Gasteiger partial charge in [-0.3, -0.25) is 14.9 Å². The molecule has 0 aliphatic rings. The molecule has 0 saturated heterocycles. The number of nitrogens with zero attached hydrogens (tertiary/aromatic N) is 3. The van der Waals surface area contributed by atoms with E-state index in [-0.39, 0.29) is 29.0 Å². The average molecular weight is 485 g/mol. The van der Waals surface area contributed by atoms with Crippen molar-refractivity contribution in [3.63, 3.8) is 0 Å². The van der Waals surface area contributed by atoms with Gasteiger partial charge in [0.05, 0.1) is 4.92 Å². The number of nitro benzene ring substituents is 1. The number of ether oxygens (including phenoxy) is 1. The number of nitrogens with one attached hydrogen (secondary N) is 1. The molecule has 14 heteroatoms. The van der Waals surface area contributed by atoms with Crippen molar-refractivity contribution in [2.75, 3.05) is 11.2 Å². The second-order valence-corrected chi connectivity index (χ2v) is 7.69. The van der Waals surface area contributed by atoms with Crippen LogP contribution in [-0.2, 0) is 30.6 Å². The number of esters is 1. The van der Waals surface area contributed by atoms with E-state index >= 15 is 0 Å². The number of rotatable bonds is 10. The smallest absolute Gasteiger partial charge is 0.360 e. The lowest BCUT2D eigenvalue weighted by atomic mass is 10.1. The molecule has 32 heavy (non-hydrogen) atoms. The third-order valence-corrected chi connectivity index (χ3v) is 4.69. The highest BCUT2D eigenvalue weighted by atomic mass is 35.5. The number of hydrogen-bond donors (Lipinski definition) is 2. The van der Waals surface area contributed by atoms with Crippen LogP contribution in [0, 0.1) is 10.1 Å². The number of benzene rings is 1. The maximum Gasteiger partial charge on any atom is 0.360 e. The molecule has 1 aromatic carbocycles. The minimum Gasteiger partial charge on any atom is -0.476 e. The van der Waals surface area contributed by atoms with Crippen molar-refractivity contribution in [2.24, 2.45) is 5.16 Å². The summed E-state index contributed by atoms with van der Waals surface area (Å²) < 4.78 is 5.13. The first-order valence-corrected chi connectivity index (χ1v) is 10.2. The number of anilines is 1. The van der Waals surface area contributed by atoms with Crippen LogP contribution in [-0.4, -0.2) is 50.1 Å². The van der Waals surface area contributed by atoms with Gasteiger partial charge in [-0.1, -0.05) is 5.16 Å². The Bertz CT molecular complexity index is 1050. The Labute approximate surface area is 189 Å². The number of alkyl halides is 1. The molecule has 1 aromatic heterocycles. The topological polar surface area (TPSA) is 170 Å². The number of carbonyl (C=O) groups excluding carboxylic acids is 2. The van der Waals surface area contributed by atoms with E-state index in [1.807, 2.05) is 0 Å². The highest BCUT2D eigenvalue weighted by Gasteiger charge is 2.33. The van der Waals surface area contributed by atoms with E-state index in [2.05, 4.69) is 15.5 Å². The largest absolute Gasteiger partial charge is 0.476 e. The molecule has 12 nitrogen and oxygen atoms in total. The maximum absolute atomic E-state index is 12.3. The number of thiazole rings is 1. The highest BCUT2D eigenvalue weighted by molar-refractivity contribution is 7.14. The summed E-state index contributed by atoms with van der Waals surface area (Å²) in [6, 6.07) is 5.41. The molecule has 0 aliphatic heterocycles. The molecular weight excluding hydrogens is 468 g/mol. The number of carbonyl (C=O) groups is 3. The standard InChI is InChI=1S/C18H17ClN4O8S/c1-18(2,16(27)30-8-10-3-5-11(6-4-10)23(28)29)31-22-14(15(25)26)12-9-32-17(20-12)21-13(24)7-19/h3-6,9H,7-8H2,1-2H3,(H,25,26)(H,20,21,24). The van der Waals surface area contributed by atoms with Crippen LogP contribution in [0.25, 0.3) is 0 Å². The van der Waals surface area contributed by atoms with E-state index < -0.39 is 34.1 Å². The predicted molar refractivity (Wildman–Crippen MR) is 114 cm³/mol. The lowest BCUT2D eigenvalue weighted by Crippen LogP contribution is -2.36. The Kier molecular flexibility index (Phi) is 8.21. The fourth-order valence-electron chi connectivity index (χ4n) is 2.02. The molecule has 0 atom stereocenters. The lowest BCUT2D eigenvalue weighted by molar-refractivity contribution is -0.384. The third kappa shape index (κ3) is 6.72. The minimum atomic E-state index is -1.66. The number of aromatic nitrogens is 1. The van der Waals surface area contributed by atoms with Crippen molar-refractivity contribution >= 4 is 57.3 Å². The molecule has 0 fully saturated rings. The summed E-state index contributed by atoms with van der Waals surface area (Å²) in [6.07, 6.45) is 0. The van der Waals surface area contributed by atoms with Crippen molar-refractivity contribution in [2.45, 2.75) is 26.1 Å². The maximum atomic E-state index is 12.3. The highest BCUT2D eigenvalue weighted by Crippen LogP contribution is 2.19. The van der Waals surface area contributed by atoms with Gasteiger partial charge >= 0.3 is 11.9 Å². The van der Waals surface area contributed by atoms with Gasteiger partial charge < -0.3 is 20.0 Å². The summed E-state index contributed by atoms with van der Waals surface area (Å²) in [7, 11) is 0. The molecular formula is C18H17ClN4O8S. The Morgan fingerprint density at radius 2 is 1.97 bits per heavy atom. The van der Waals surface area contributed by atoms with Crippen LogP contribution >= 0.6 is 22.9 Å². The van der Waals surface area contributed by atoms with Gasteiger partial charge in [0.1, 0.15) is 18.2 Å². The molecule has 170 valence electrons. The number of carboxylic acid groups (broad SMARTS) is 1. The van der Waals surface area contributed by atoms with Gasteiger partial charge in [0.15, 0.2) is 5.13 Å². The van der Waals surface area contributed by atoms with Gasteiger partial charge in [-0.25, -0.2) is 14.6 Å². The summed E-state index contributed by atoms with van der Waals surface area (Å²) >= 11 is 6.34. The summed E-state index contributed by atoms with van der Waals surface area (Å²) in [6.45, 7) is 2.46. The van der Waals surface area contributed by atoms with Crippen molar-refractivity contribution in [1.82, 2.24) is 4.98 Å². The van der Waals surface area contributed by atoms with Crippen LogP contribution in [0.2, 0.25) is 0 Å². The number of aliphatic carboxylic acids is 1. The van der Waals surface area contributed by atoms with E-state index in [1.54, 1.807) is 0 Å². The first-order chi connectivity index (χ1) is 15.0. The van der Waals surface area contributed by atoms with E-state index in [0.717, 1.165) is 11.3 Å². The van der Waals surface area contributed by atoms with Gasteiger partial charge in [-0.05, 0) is 31.5 Å². The van der Waals surface area contributed by atoms with E-state index in [9.17, 15) is 29.6 Å². The number of hydrogen-bond acceptors (Lipinski definition) is 10. The van der Waals surface area contributed by atoms with Crippen LogP contribution in [0.4, 0.5) is 10.8 Å². The first kappa shape index (κ1) is 24.7. The van der Waals surface area contributed by atoms with E-state index in [1.165, 1.54) is 43.5 Å². The SMILES string of the molecule is CC(C)(ON=C(C(=O)O)c1csc(NC(=O)CCl)n1)C(=O)OCc1ccc([N+](=O)[O-])cc1. The molecule has 0 saturated carbocycles. The Hall–Kier alpha value is -3.58. The van der Waals surface area contributed by atoms with Gasteiger partial charge in [-0.15, -0.1) is 22.9 Å². The number of oxime groups is 1. The Balaban J connectivity index is 2.05. The minimum absolute atomic E-state index is 0.0950. The predicted octanol–water partition coefficient (Wildman–Crippen LogP) is 2.56. The molecule has 2 rings (SSSR count). The zero-order valence-electron chi connectivity index (χ0n) is 16.7. The summed E-state index contributed by atoms with van der Waals surface area (Å²) in [5.41, 5.74) is -1.95. The van der Waals surface area contributed by atoms with Crippen LogP contribution in [0.5, 0.6) is 0 Å². The van der Waals surface area contributed by atoms with Crippen LogP contribution in [0.3, 0.4) is 0 Å². The molecule has 0 unspecified atom stereocenters. The molecule has 0 radical (unpaired) electrons. The molecule has 1 amide bonds. The lowest BCUT2D eigenvalue weighted by Gasteiger charge is -2.20. The van der Waals surface area contributed by atoms with Crippen molar-refractivity contribution in [3.8, 4) is 0 Å². The van der Waals surface area contributed by atoms with Crippen LogP contribution < -0.4 is 5.32 Å². The number of carboxylic acids is 1. The average Bonchev–Trinajstić information content (AvgIpc) is 3.19. The molecule has 2 N–H and O–H groups in total. The van der Waals surface area contributed by atoms with Crippen LogP contribution in [0.1, 0.15) is 25.1 Å². The first-order valence-electron chi connectivity index (χ1n) is 8.75. The fourth-order valence-corrected chi connectivity index (χ4v) is 2.80. The van der Waals surface area contributed by atoms with Crippen molar-refractivity contribution < 1.29 is 34.0 Å². The van der Waals surface area contributed by atoms with Crippen molar-refractivity contribution in [1.29, 1.82) is 0 Å². The number of amides is 1. The summed E-state index contributed by atoms with van der Waals surface area (Å²) in [5.74, 6) is -3.14. The van der Waals surface area contributed by atoms with Crippen LogP contribution in [0.15, 0.2) is 34.8 Å². The fraction of sp³-hybridized carbons (Fsp3) is 0.278. The number of non-ortho nitro benzene ring substituents is 1. The second kappa shape index (κ2) is 10.6. The molecule has 2 aromatic rings. The zero-order chi connectivity index (χ0) is 23.9. The molecule has 1 heterocycles. The number of nitro groups is 1. The van der Waals surface area contributed by atoms with E-state index in [4.69, 9.17) is 21.2 Å². The zero-order valence-corrected chi connectivity index (χ0v) is 18.3. The van der Waals surface area contributed by atoms with Gasteiger partial charge in [-0.2, -0.15) is 0 Å². The molecule has 0 bridgehead atoms. The normalized spacial score (nSPS) is 11.5. The number of halogens is 1. The summed E-state index contributed by atoms with van der Waals surface area (Å²) in [5, 5.41) is 27.4. The van der Waals surface area contributed by atoms with Gasteiger partial charge in [0.25, 0.3) is 5.69 Å². The summed E-state index contributed by atoms with van der Waals surface area (Å²) in [4.78, 5) is 54.4. The quantitative estimate of drug-likeness (QED) is 0.169. The Morgan fingerprint density at radius 1 is 1.31 bits per heavy atom.